The highest BCUT2D eigenvalue weighted by Gasteiger charge is 2.38. The van der Waals surface area contributed by atoms with Crippen molar-refractivity contribution < 1.29 is 4.79 Å². The summed E-state index contributed by atoms with van der Waals surface area (Å²) in [4.78, 5) is 11.6. The van der Waals surface area contributed by atoms with Crippen LogP contribution in [0.25, 0.3) is 0 Å². The van der Waals surface area contributed by atoms with Gasteiger partial charge in [-0.25, -0.2) is 0 Å². The summed E-state index contributed by atoms with van der Waals surface area (Å²) in [7, 11) is 0. The lowest BCUT2D eigenvalue weighted by Crippen LogP contribution is -2.31. The van der Waals surface area contributed by atoms with E-state index in [9.17, 15) is 4.79 Å². The highest BCUT2D eigenvalue weighted by Crippen LogP contribution is 2.37. The summed E-state index contributed by atoms with van der Waals surface area (Å²) in [6, 6.07) is 0. The fourth-order valence-corrected chi connectivity index (χ4v) is 2.28. The third-order valence-electron chi connectivity index (χ3n) is 3.23. The van der Waals surface area contributed by atoms with Crippen molar-refractivity contribution in [3.63, 3.8) is 0 Å². The van der Waals surface area contributed by atoms with Gasteiger partial charge < -0.3 is 5.32 Å². The second kappa shape index (κ2) is 6.37. The first-order valence-corrected chi connectivity index (χ1v) is 6.56. The van der Waals surface area contributed by atoms with E-state index in [4.69, 9.17) is 11.6 Å². The van der Waals surface area contributed by atoms with Crippen molar-refractivity contribution in [2.75, 3.05) is 12.4 Å². The van der Waals surface area contributed by atoms with Crippen LogP contribution in [0.3, 0.4) is 0 Å². The summed E-state index contributed by atoms with van der Waals surface area (Å²) >= 11 is 5.73. The van der Waals surface area contributed by atoms with Crippen LogP contribution in [-0.4, -0.2) is 18.3 Å². The van der Waals surface area contributed by atoms with Crippen molar-refractivity contribution in [1.82, 2.24) is 5.32 Å². The van der Waals surface area contributed by atoms with Gasteiger partial charge in [0.25, 0.3) is 0 Å². The first-order valence-electron chi connectivity index (χ1n) is 6.02. The predicted molar refractivity (Wildman–Crippen MR) is 64.0 cm³/mol. The number of hydrogen-bond donors (Lipinski definition) is 1. The molecule has 0 spiro atoms. The Bertz CT molecular complexity index is 202. The molecule has 2 nitrogen and oxygen atoms in total. The average molecular weight is 232 g/mol. The first kappa shape index (κ1) is 12.8. The summed E-state index contributed by atoms with van der Waals surface area (Å²) in [6.07, 6.45) is 4.40. The largest absolute Gasteiger partial charge is 0.356 e. The summed E-state index contributed by atoms with van der Waals surface area (Å²) < 4.78 is 0. The Morgan fingerprint density at radius 3 is 2.67 bits per heavy atom. The molecule has 1 amide bonds. The van der Waals surface area contributed by atoms with Gasteiger partial charge in [-0.1, -0.05) is 20.3 Å². The molecule has 88 valence electrons. The topological polar surface area (TPSA) is 29.1 Å². The molecule has 15 heavy (non-hydrogen) atoms. The minimum atomic E-state index is 0.248. The van der Waals surface area contributed by atoms with Crippen molar-refractivity contribution in [2.24, 2.45) is 17.8 Å². The van der Waals surface area contributed by atoms with Crippen LogP contribution >= 0.6 is 11.6 Å². The van der Waals surface area contributed by atoms with E-state index in [-0.39, 0.29) is 5.91 Å². The minimum absolute atomic E-state index is 0.248. The molecule has 0 radical (unpaired) electrons. The van der Waals surface area contributed by atoms with Gasteiger partial charge in [0, 0.05) is 18.3 Å². The number of amides is 1. The van der Waals surface area contributed by atoms with Gasteiger partial charge in [-0.05, 0) is 31.1 Å². The Morgan fingerprint density at radius 2 is 2.20 bits per heavy atom. The van der Waals surface area contributed by atoms with E-state index in [1.54, 1.807) is 0 Å². The van der Waals surface area contributed by atoms with E-state index in [0.717, 1.165) is 32.2 Å². The van der Waals surface area contributed by atoms with Gasteiger partial charge >= 0.3 is 0 Å². The van der Waals surface area contributed by atoms with Crippen molar-refractivity contribution in [1.29, 1.82) is 0 Å². The molecule has 1 saturated carbocycles. The lowest BCUT2D eigenvalue weighted by atomic mass is 10.0. The number of alkyl halides is 1. The summed E-state index contributed by atoms with van der Waals surface area (Å²) in [5.41, 5.74) is 0. The summed E-state index contributed by atoms with van der Waals surface area (Å²) in [5.74, 6) is 2.40. The number of rotatable bonds is 7. The van der Waals surface area contributed by atoms with Crippen LogP contribution in [-0.2, 0) is 4.79 Å². The van der Waals surface area contributed by atoms with Gasteiger partial charge in [0.1, 0.15) is 0 Å². The van der Waals surface area contributed by atoms with Crippen molar-refractivity contribution >= 4 is 17.5 Å². The highest BCUT2D eigenvalue weighted by molar-refractivity contribution is 6.17. The molecule has 3 heteroatoms. The number of carbonyl (C=O) groups excluding carboxylic acids is 1. The smallest absolute Gasteiger partial charge is 0.223 e. The number of halogens is 1. The molecule has 0 aromatic carbocycles. The van der Waals surface area contributed by atoms with E-state index >= 15 is 0 Å². The summed E-state index contributed by atoms with van der Waals surface area (Å²) in [6.45, 7) is 5.11. The second-order valence-electron chi connectivity index (χ2n) is 4.70. The molecule has 0 bridgehead atoms. The van der Waals surface area contributed by atoms with Crippen LogP contribution in [0.2, 0.25) is 0 Å². The third-order valence-corrected chi connectivity index (χ3v) is 3.44. The fourth-order valence-electron chi connectivity index (χ4n) is 1.97. The third kappa shape index (κ3) is 4.42. The van der Waals surface area contributed by atoms with E-state index in [0.29, 0.717) is 23.6 Å². The van der Waals surface area contributed by atoms with E-state index < -0.39 is 0 Å². The monoisotopic (exact) mass is 231 g/mol. The van der Waals surface area contributed by atoms with E-state index in [1.165, 1.54) is 0 Å². The molecule has 3 unspecified atom stereocenters. The van der Waals surface area contributed by atoms with Gasteiger partial charge in [-0.2, -0.15) is 0 Å². The van der Waals surface area contributed by atoms with Gasteiger partial charge in [0.15, 0.2) is 0 Å². The van der Waals surface area contributed by atoms with Gasteiger partial charge in [-0.15, -0.1) is 11.6 Å². The van der Waals surface area contributed by atoms with Crippen LogP contribution in [0.5, 0.6) is 0 Å². The van der Waals surface area contributed by atoms with Gasteiger partial charge in [-0.3, -0.25) is 4.79 Å². The van der Waals surface area contributed by atoms with Crippen LogP contribution < -0.4 is 5.32 Å². The molecule has 1 N–H and O–H groups in total. The Morgan fingerprint density at radius 1 is 1.53 bits per heavy atom. The molecule has 0 heterocycles. The Labute approximate surface area is 97.8 Å². The average Bonchev–Trinajstić information content (AvgIpc) is 2.92. The van der Waals surface area contributed by atoms with Gasteiger partial charge in [0.2, 0.25) is 5.91 Å². The maximum absolute atomic E-state index is 11.6. The zero-order chi connectivity index (χ0) is 11.3. The number of nitrogens with one attached hydrogen (secondary N) is 1. The molecule has 1 rings (SSSR count). The molecule has 0 aromatic rings. The molecule has 3 atom stereocenters. The fraction of sp³-hybridized carbons (Fsp3) is 0.917. The SMILES string of the molecule is CCCC(CCCl)CNC(=O)C1CC1C. The van der Waals surface area contributed by atoms with Crippen molar-refractivity contribution in [3.05, 3.63) is 0 Å². The Hall–Kier alpha value is -0.240. The highest BCUT2D eigenvalue weighted by atomic mass is 35.5. The first-order chi connectivity index (χ1) is 7.19. The quantitative estimate of drug-likeness (QED) is 0.671. The molecule has 0 saturated heterocycles. The molecular formula is C12H22ClNO. The number of hydrogen-bond acceptors (Lipinski definition) is 1. The molecule has 1 aliphatic rings. The van der Waals surface area contributed by atoms with Crippen LogP contribution in [0, 0.1) is 17.8 Å². The standard InChI is InChI=1S/C12H22ClNO/c1-3-4-10(5-6-13)8-14-12(15)11-7-9(11)2/h9-11H,3-8H2,1-2H3,(H,14,15). The Balaban J connectivity index is 2.17. The van der Waals surface area contributed by atoms with Crippen molar-refractivity contribution in [3.8, 4) is 0 Å². The maximum atomic E-state index is 11.6. The van der Waals surface area contributed by atoms with Crippen LogP contribution in [0.1, 0.15) is 39.5 Å². The second-order valence-corrected chi connectivity index (χ2v) is 5.07. The normalized spacial score (nSPS) is 26.1. The lowest BCUT2D eigenvalue weighted by Gasteiger charge is -2.15. The molecule has 0 aromatic heterocycles. The van der Waals surface area contributed by atoms with Crippen LogP contribution in [0.4, 0.5) is 0 Å². The minimum Gasteiger partial charge on any atom is -0.356 e. The predicted octanol–water partition coefficient (Wildman–Crippen LogP) is 2.80. The molecule has 1 aliphatic carbocycles. The number of carbonyl (C=O) groups is 1. The summed E-state index contributed by atoms with van der Waals surface area (Å²) in [5, 5.41) is 3.05. The maximum Gasteiger partial charge on any atom is 0.223 e. The molecule has 1 fully saturated rings. The van der Waals surface area contributed by atoms with Crippen molar-refractivity contribution in [2.45, 2.75) is 39.5 Å². The molecule has 0 aliphatic heterocycles. The zero-order valence-corrected chi connectivity index (χ0v) is 10.5. The zero-order valence-electron chi connectivity index (χ0n) is 9.76. The Kier molecular flexibility index (Phi) is 5.44. The van der Waals surface area contributed by atoms with Gasteiger partial charge in [0.05, 0.1) is 0 Å². The van der Waals surface area contributed by atoms with E-state index in [1.807, 2.05) is 0 Å². The van der Waals surface area contributed by atoms with Crippen LogP contribution in [0.15, 0.2) is 0 Å². The lowest BCUT2D eigenvalue weighted by molar-refractivity contribution is -0.122. The van der Waals surface area contributed by atoms with E-state index in [2.05, 4.69) is 19.2 Å². The molecular weight excluding hydrogens is 210 g/mol.